The Kier molecular flexibility index (Phi) is 9.89. The van der Waals surface area contributed by atoms with E-state index in [2.05, 4.69) is 10.6 Å². The number of nitrogens with zero attached hydrogens (tertiary/aromatic N) is 1. The van der Waals surface area contributed by atoms with Crippen LogP contribution in [0.1, 0.15) is 32.6 Å². The number of rotatable bonds is 11. The van der Waals surface area contributed by atoms with Crippen molar-refractivity contribution in [1.82, 2.24) is 15.5 Å². The fourth-order valence-corrected chi connectivity index (χ4v) is 3.44. The van der Waals surface area contributed by atoms with E-state index in [4.69, 9.17) is 11.5 Å². The fourth-order valence-electron chi connectivity index (χ4n) is 2.97. The van der Waals surface area contributed by atoms with E-state index in [0.717, 1.165) is 0 Å². The Balaban J connectivity index is 2.96. The predicted octanol–water partition coefficient (Wildman–Crippen LogP) is -1.99. The summed E-state index contributed by atoms with van der Waals surface area (Å²) in [5.41, 5.74) is 10.6. The second-order valence-electron chi connectivity index (χ2n) is 6.89. The molecule has 1 aliphatic rings. The molecule has 164 valence electrons. The number of carboxylic acid groups (broad SMARTS) is 1. The first-order valence-corrected chi connectivity index (χ1v) is 10.6. The Morgan fingerprint density at radius 3 is 2.31 bits per heavy atom. The van der Waals surface area contributed by atoms with Gasteiger partial charge in [0.25, 0.3) is 0 Å². The van der Waals surface area contributed by atoms with Crippen LogP contribution in [-0.4, -0.2) is 82.3 Å². The third-order valence-electron chi connectivity index (χ3n) is 4.50. The van der Waals surface area contributed by atoms with E-state index in [-0.39, 0.29) is 13.0 Å². The van der Waals surface area contributed by atoms with Crippen molar-refractivity contribution in [2.75, 3.05) is 18.6 Å². The lowest BCUT2D eigenvalue weighted by Crippen LogP contribution is -2.57. The summed E-state index contributed by atoms with van der Waals surface area (Å²) in [6.07, 6.45) is 2.53. The van der Waals surface area contributed by atoms with Gasteiger partial charge < -0.3 is 32.1 Å². The summed E-state index contributed by atoms with van der Waals surface area (Å²) in [5, 5.41) is 14.2. The highest BCUT2D eigenvalue weighted by atomic mass is 32.2. The molecule has 0 aromatic rings. The van der Waals surface area contributed by atoms with Crippen molar-refractivity contribution in [2.24, 2.45) is 11.5 Å². The number of hydrogen-bond donors (Lipinski definition) is 5. The van der Waals surface area contributed by atoms with E-state index < -0.39 is 60.2 Å². The van der Waals surface area contributed by atoms with Crippen LogP contribution in [-0.2, 0) is 24.0 Å². The number of hydrogen-bond acceptors (Lipinski definition) is 7. The van der Waals surface area contributed by atoms with Gasteiger partial charge in [-0.25, -0.2) is 4.79 Å². The van der Waals surface area contributed by atoms with Crippen LogP contribution in [0.3, 0.4) is 0 Å². The van der Waals surface area contributed by atoms with Gasteiger partial charge in [0.05, 0.1) is 12.5 Å². The van der Waals surface area contributed by atoms with Crippen molar-refractivity contribution in [3.63, 3.8) is 0 Å². The maximum absolute atomic E-state index is 12.9. The van der Waals surface area contributed by atoms with E-state index in [0.29, 0.717) is 18.6 Å². The topological polar surface area (TPSA) is 185 Å². The minimum atomic E-state index is -1.29. The Hall–Kier alpha value is -2.34. The minimum Gasteiger partial charge on any atom is -0.480 e. The number of nitrogens with one attached hydrogen (secondary N) is 2. The molecule has 0 bridgehead atoms. The highest BCUT2D eigenvalue weighted by Gasteiger charge is 2.38. The Bertz CT molecular complexity index is 644. The van der Waals surface area contributed by atoms with Crippen LogP contribution >= 0.6 is 11.8 Å². The molecule has 4 amide bonds. The smallest absolute Gasteiger partial charge is 0.326 e. The number of likely N-dealkylation sites (tertiary alicyclic amines) is 1. The van der Waals surface area contributed by atoms with Crippen LogP contribution in [0.5, 0.6) is 0 Å². The SMILES string of the molecule is CSCCC(NC(=O)C(CC(N)=O)NC(=O)C(C)N)C(=O)N1CCCC1C(=O)O. The summed E-state index contributed by atoms with van der Waals surface area (Å²) in [4.78, 5) is 61.4. The summed E-state index contributed by atoms with van der Waals surface area (Å²) in [5.74, 6) is -3.29. The molecule has 0 aromatic heterocycles. The molecule has 4 unspecified atom stereocenters. The van der Waals surface area contributed by atoms with Crippen LogP contribution in [0.2, 0.25) is 0 Å². The molecule has 12 heteroatoms. The van der Waals surface area contributed by atoms with E-state index >= 15 is 0 Å². The van der Waals surface area contributed by atoms with Crippen molar-refractivity contribution in [3.05, 3.63) is 0 Å². The molecule has 11 nitrogen and oxygen atoms in total. The van der Waals surface area contributed by atoms with Gasteiger partial charge in [-0.2, -0.15) is 11.8 Å². The minimum absolute atomic E-state index is 0.263. The average molecular weight is 432 g/mol. The number of nitrogens with two attached hydrogens (primary N) is 2. The zero-order chi connectivity index (χ0) is 22.1. The molecule has 0 aromatic carbocycles. The van der Waals surface area contributed by atoms with Gasteiger partial charge in [-0.1, -0.05) is 0 Å². The highest BCUT2D eigenvalue weighted by molar-refractivity contribution is 7.98. The first-order chi connectivity index (χ1) is 13.6. The number of aliphatic carboxylic acids is 1. The van der Waals surface area contributed by atoms with E-state index in [1.807, 2.05) is 6.26 Å². The molecule has 1 heterocycles. The van der Waals surface area contributed by atoms with Crippen LogP contribution in [0, 0.1) is 0 Å². The van der Waals surface area contributed by atoms with Gasteiger partial charge in [0.2, 0.25) is 23.6 Å². The Morgan fingerprint density at radius 2 is 1.79 bits per heavy atom. The summed E-state index contributed by atoms with van der Waals surface area (Å²) >= 11 is 1.46. The first kappa shape index (κ1) is 24.7. The largest absolute Gasteiger partial charge is 0.480 e. The van der Waals surface area contributed by atoms with Crippen LogP contribution in [0.25, 0.3) is 0 Å². The van der Waals surface area contributed by atoms with Gasteiger partial charge in [-0.05, 0) is 38.2 Å². The quantitative estimate of drug-likeness (QED) is 0.249. The summed E-state index contributed by atoms with van der Waals surface area (Å²) in [7, 11) is 0. The van der Waals surface area contributed by atoms with Gasteiger partial charge in [0, 0.05) is 6.54 Å². The molecule has 1 aliphatic heterocycles. The fraction of sp³-hybridized carbons (Fsp3) is 0.706. The maximum Gasteiger partial charge on any atom is 0.326 e. The molecule has 0 radical (unpaired) electrons. The van der Waals surface area contributed by atoms with Crippen LogP contribution < -0.4 is 22.1 Å². The third kappa shape index (κ3) is 7.54. The number of carbonyl (C=O) groups excluding carboxylic acids is 4. The normalized spacial score (nSPS) is 19.1. The highest BCUT2D eigenvalue weighted by Crippen LogP contribution is 2.19. The molecule has 0 spiro atoms. The standard InChI is InChI=1S/C17H29N5O6S/c1-9(18)14(24)21-11(8-13(19)23)15(25)20-10(5-7-29-2)16(26)22-6-3-4-12(22)17(27)28/h9-12H,3-8,18H2,1-2H3,(H2,19,23)(H,20,25)(H,21,24)(H,27,28). The number of thioether (sulfide) groups is 1. The number of carbonyl (C=O) groups is 5. The molecule has 1 saturated heterocycles. The van der Waals surface area contributed by atoms with Gasteiger partial charge in [0.15, 0.2) is 0 Å². The third-order valence-corrected chi connectivity index (χ3v) is 5.14. The zero-order valence-corrected chi connectivity index (χ0v) is 17.4. The second kappa shape index (κ2) is 11.6. The van der Waals surface area contributed by atoms with Crippen molar-refractivity contribution in [2.45, 2.75) is 56.8 Å². The summed E-state index contributed by atoms with van der Waals surface area (Å²) in [6, 6.07) is -4.12. The lowest BCUT2D eigenvalue weighted by molar-refractivity contribution is -0.149. The predicted molar refractivity (Wildman–Crippen MR) is 107 cm³/mol. The summed E-state index contributed by atoms with van der Waals surface area (Å²) < 4.78 is 0. The lowest BCUT2D eigenvalue weighted by atomic mass is 10.1. The molecule has 0 saturated carbocycles. The Morgan fingerprint density at radius 1 is 1.17 bits per heavy atom. The summed E-state index contributed by atoms with van der Waals surface area (Å²) in [6.45, 7) is 1.70. The Labute approximate surface area is 173 Å². The van der Waals surface area contributed by atoms with Gasteiger partial charge >= 0.3 is 5.97 Å². The molecule has 7 N–H and O–H groups in total. The molecule has 1 rings (SSSR count). The molecule has 4 atom stereocenters. The zero-order valence-electron chi connectivity index (χ0n) is 16.6. The van der Waals surface area contributed by atoms with Crippen molar-refractivity contribution >= 4 is 41.4 Å². The second-order valence-corrected chi connectivity index (χ2v) is 7.88. The van der Waals surface area contributed by atoms with E-state index in [1.165, 1.54) is 23.6 Å². The van der Waals surface area contributed by atoms with Crippen LogP contribution in [0.4, 0.5) is 0 Å². The van der Waals surface area contributed by atoms with E-state index in [9.17, 15) is 29.1 Å². The van der Waals surface area contributed by atoms with Gasteiger partial charge in [0.1, 0.15) is 18.1 Å². The number of amides is 4. The van der Waals surface area contributed by atoms with Crippen LogP contribution in [0.15, 0.2) is 0 Å². The number of primary amides is 1. The van der Waals surface area contributed by atoms with E-state index in [1.54, 1.807) is 0 Å². The lowest BCUT2D eigenvalue weighted by Gasteiger charge is -2.28. The number of carboxylic acids is 1. The molecule has 29 heavy (non-hydrogen) atoms. The van der Waals surface area contributed by atoms with Crippen molar-refractivity contribution in [3.8, 4) is 0 Å². The molecular weight excluding hydrogens is 402 g/mol. The monoisotopic (exact) mass is 431 g/mol. The molecule has 1 fully saturated rings. The van der Waals surface area contributed by atoms with Crippen molar-refractivity contribution < 1.29 is 29.1 Å². The van der Waals surface area contributed by atoms with Gasteiger partial charge in [-0.3, -0.25) is 19.2 Å². The van der Waals surface area contributed by atoms with Crippen molar-refractivity contribution in [1.29, 1.82) is 0 Å². The maximum atomic E-state index is 12.9. The van der Waals surface area contributed by atoms with Gasteiger partial charge in [-0.15, -0.1) is 0 Å². The molecular formula is C17H29N5O6S. The molecule has 0 aliphatic carbocycles. The first-order valence-electron chi connectivity index (χ1n) is 9.25. The average Bonchev–Trinajstić information content (AvgIpc) is 3.13.